The topological polar surface area (TPSA) is 32.7 Å². The summed E-state index contributed by atoms with van der Waals surface area (Å²) in [4.78, 5) is 12.2. The van der Waals surface area contributed by atoms with Crippen molar-refractivity contribution in [2.24, 2.45) is 11.1 Å². The Labute approximate surface area is 67.7 Å². The molecule has 0 aromatic heterocycles. The van der Waals surface area contributed by atoms with Gasteiger partial charge >= 0.3 is 0 Å². The zero-order valence-corrected chi connectivity index (χ0v) is 7.12. The molecule has 1 saturated heterocycles. The highest BCUT2D eigenvalue weighted by Gasteiger charge is 2.14. The first-order valence-electron chi connectivity index (χ1n) is 4.34. The zero-order chi connectivity index (χ0) is 8.10. The van der Waals surface area contributed by atoms with Crippen molar-refractivity contribution in [3.63, 3.8) is 0 Å². The van der Waals surface area contributed by atoms with E-state index in [9.17, 15) is 4.91 Å². The molecular formula is C8H16N2O. The molecule has 0 atom stereocenters. The highest BCUT2D eigenvalue weighted by molar-refractivity contribution is 4.69. The molecule has 0 saturated carbocycles. The van der Waals surface area contributed by atoms with Gasteiger partial charge in [0, 0.05) is 6.54 Å². The molecule has 1 fully saturated rings. The van der Waals surface area contributed by atoms with Crippen LogP contribution < -0.4 is 0 Å². The fourth-order valence-electron chi connectivity index (χ4n) is 1.47. The van der Waals surface area contributed by atoms with Crippen LogP contribution in [-0.2, 0) is 0 Å². The van der Waals surface area contributed by atoms with E-state index in [-0.39, 0.29) is 0 Å². The highest BCUT2D eigenvalue weighted by atomic mass is 16.3. The third-order valence-electron chi connectivity index (χ3n) is 2.38. The van der Waals surface area contributed by atoms with Gasteiger partial charge in [0.1, 0.15) is 0 Å². The number of nitrogens with zero attached hydrogens (tertiary/aromatic N) is 2. The van der Waals surface area contributed by atoms with Gasteiger partial charge in [-0.1, -0.05) is 12.1 Å². The SMILES string of the molecule is CC1CCN(CCN=O)CC1. The van der Waals surface area contributed by atoms with Crippen LogP contribution in [0.5, 0.6) is 0 Å². The van der Waals surface area contributed by atoms with E-state index >= 15 is 0 Å². The Morgan fingerprint density at radius 2 is 2.09 bits per heavy atom. The highest BCUT2D eigenvalue weighted by Crippen LogP contribution is 2.15. The van der Waals surface area contributed by atoms with Gasteiger partial charge in [0.2, 0.25) is 0 Å². The van der Waals surface area contributed by atoms with Crippen molar-refractivity contribution in [1.29, 1.82) is 0 Å². The second-order valence-electron chi connectivity index (χ2n) is 3.38. The molecule has 1 heterocycles. The predicted octanol–water partition coefficient (Wildman–Crippen LogP) is 1.48. The molecule has 0 unspecified atom stereocenters. The van der Waals surface area contributed by atoms with Gasteiger partial charge in [0.15, 0.2) is 0 Å². The third-order valence-corrected chi connectivity index (χ3v) is 2.38. The molecule has 64 valence electrons. The molecule has 0 amide bonds. The fourth-order valence-corrected chi connectivity index (χ4v) is 1.47. The van der Waals surface area contributed by atoms with Gasteiger partial charge in [-0.3, -0.25) is 0 Å². The Morgan fingerprint density at radius 1 is 1.45 bits per heavy atom. The lowest BCUT2D eigenvalue weighted by Crippen LogP contribution is -2.34. The van der Waals surface area contributed by atoms with Crippen LogP contribution in [0.3, 0.4) is 0 Å². The minimum atomic E-state index is 0.453. The molecule has 0 aliphatic carbocycles. The van der Waals surface area contributed by atoms with E-state index in [0.29, 0.717) is 6.54 Å². The first-order chi connectivity index (χ1) is 5.33. The van der Waals surface area contributed by atoms with Crippen LogP contribution >= 0.6 is 0 Å². The van der Waals surface area contributed by atoms with Crippen molar-refractivity contribution in [3.8, 4) is 0 Å². The minimum Gasteiger partial charge on any atom is -0.301 e. The summed E-state index contributed by atoms with van der Waals surface area (Å²) < 4.78 is 0. The van der Waals surface area contributed by atoms with Crippen LogP contribution in [0, 0.1) is 10.8 Å². The molecule has 3 heteroatoms. The van der Waals surface area contributed by atoms with E-state index in [1.165, 1.54) is 12.8 Å². The summed E-state index contributed by atoms with van der Waals surface area (Å²) in [5, 5.41) is 2.86. The molecule has 1 rings (SSSR count). The summed E-state index contributed by atoms with van der Waals surface area (Å²) in [7, 11) is 0. The summed E-state index contributed by atoms with van der Waals surface area (Å²) in [6.45, 7) is 5.90. The predicted molar refractivity (Wildman–Crippen MR) is 45.5 cm³/mol. The van der Waals surface area contributed by atoms with Crippen LogP contribution in [-0.4, -0.2) is 31.1 Å². The Balaban J connectivity index is 2.12. The Kier molecular flexibility index (Phi) is 3.49. The van der Waals surface area contributed by atoms with Crippen LogP contribution in [0.1, 0.15) is 19.8 Å². The lowest BCUT2D eigenvalue weighted by Gasteiger charge is -2.29. The van der Waals surface area contributed by atoms with E-state index in [0.717, 1.165) is 25.6 Å². The smallest absolute Gasteiger partial charge is 0.0938 e. The van der Waals surface area contributed by atoms with Gasteiger partial charge in [-0.2, -0.15) is 4.91 Å². The molecule has 0 N–H and O–H groups in total. The summed E-state index contributed by atoms with van der Waals surface area (Å²) in [5.41, 5.74) is 0. The Bertz CT molecular complexity index is 119. The normalized spacial score (nSPS) is 21.9. The summed E-state index contributed by atoms with van der Waals surface area (Å²) >= 11 is 0. The number of nitroso groups, excluding NO2 is 1. The molecule has 0 aromatic carbocycles. The van der Waals surface area contributed by atoms with Crippen molar-refractivity contribution < 1.29 is 0 Å². The molecule has 11 heavy (non-hydrogen) atoms. The third kappa shape index (κ3) is 2.97. The van der Waals surface area contributed by atoms with E-state index < -0.39 is 0 Å². The maximum atomic E-state index is 9.84. The van der Waals surface area contributed by atoms with Crippen LogP contribution in [0.4, 0.5) is 0 Å². The fraction of sp³-hybridized carbons (Fsp3) is 1.00. The van der Waals surface area contributed by atoms with Crippen LogP contribution in [0.15, 0.2) is 5.18 Å². The van der Waals surface area contributed by atoms with Crippen molar-refractivity contribution in [2.75, 3.05) is 26.2 Å². The van der Waals surface area contributed by atoms with E-state index in [1.54, 1.807) is 0 Å². The molecular weight excluding hydrogens is 140 g/mol. The molecule has 0 aromatic rings. The van der Waals surface area contributed by atoms with Crippen LogP contribution in [0.2, 0.25) is 0 Å². The number of hydrogen-bond donors (Lipinski definition) is 0. The zero-order valence-electron chi connectivity index (χ0n) is 7.12. The van der Waals surface area contributed by atoms with E-state index in [1.807, 2.05) is 0 Å². The molecule has 3 nitrogen and oxygen atoms in total. The van der Waals surface area contributed by atoms with Gasteiger partial charge < -0.3 is 4.90 Å². The number of likely N-dealkylation sites (tertiary alicyclic amines) is 1. The van der Waals surface area contributed by atoms with E-state index in [2.05, 4.69) is 17.0 Å². The van der Waals surface area contributed by atoms with Gasteiger partial charge in [-0.15, -0.1) is 0 Å². The maximum Gasteiger partial charge on any atom is 0.0938 e. The molecule has 0 spiro atoms. The summed E-state index contributed by atoms with van der Waals surface area (Å²) in [5.74, 6) is 0.871. The quantitative estimate of drug-likeness (QED) is 0.580. The van der Waals surface area contributed by atoms with Gasteiger partial charge in [-0.05, 0) is 31.8 Å². The van der Waals surface area contributed by atoms with Gasteiger partial charge in [0.25, 0.3) is 0 Å². The van der Waals surface area contributed by atoms with Gasteiger partial charge in [0.05, 0.1) is 6.54 Å². The number of hydrogen-bond acceptors (Lipinski definition) is 3. The molecule has 0 bridgehead atoms. The van der Waals surface area contributed by atoms with Crippen LogP contribution in [0.25, 0.3) is 0 Å². The number of piperidine rings is 1. The maximum absolute atomic E-state index is 9.84. The Morgan fingerprint density at radius 3 is 2.64 bits per heavy atom. The first-order valence-corrected chi connectivity index (χ1v) is 4.34. The summed E-state index contributed by atoms with van der Waals surface area (Å²) in [6.07, 6.45) is 2.55. The first kappa shape index (κ1) is 8.65. The average Bonchev–Trinajstić information content (AvgIpc) is 2.04. The Hall–Kier alpha value is -0.440. The lowest BCUT2D eigenvalue weighted by molar-refractivity contribution is 0.197. The number of rotatable bonds is 3. The van der Waals surface area contributed by atoms with Crippen molar-refractivity contribution in [1.82, 2.24) is 4.90 Å². The molecule has 1 aliphatic rings. The van der Waals surface area contributed by atoms with Gasteiger partial charge in [-0.25, -0.2) is 0 Å². The standard InChI is InChI=1S/C8H16N2O/c1-8-2-5-10(6-3-8)7-4-9-11/h8H,2-7H2,1H3. The average molecular weight is 156 g/mol. The van der Waals surface area contributed by atoms with E-state index in [4.69, 9.17) is 0 Å². The second kappa shape index (κ2) is 4.44. The largest absolute Gasteiger partial charge is 0.301 e. The van der Waals surface area contributed by atoms with Crippen molar-refractivity contribution in [2.45, 2.75) is 19.8 Å². The lowest BCUT2D eigenvalue weighted by atomic mass is 9.99. The summed E-state index contributed by atoms with van der Waals surface area (Å²) in [6, 6.07) is 0. The molecule has 0 radical (unpaired) electrons. The molecule has 1 aliphatic heterocycles. The van der Waals surface area contributed by atoms with Crippen molar-refractivity contribution >= 4 is 0 Å². The van der Waals surface area contributed by atoms with Crippen molar-refractivity contribution in [3.05, 3.63) is 4.91 Å². The second-order valence-corrected chi connectivity index (χ2v) is 3.38. The monoisotopic (exact) mass is 156 g/mol. The minimum absolute atomic E-state index is 0.453.